The normalized spacial score (nSPS) is 11.7. The number of pyridine rings is 1. The van der Waals surface area contributed by atoms with Crippen LogP contribution in [0.1, 0.15) is 15.9 Å². The van der Waals surface area contributed by atoms with Crippen molar-refractivity contribution in [2.75, 3.05) is 0 Å². The van der Waals surface area contributed by atoms with Crippen LogP contribution in [0.25, 0.3) is 11.5 Å². The molecule has 3 nitrogen and oxygen atoms in total. The maximum Gasteiger partial charge on any atom is 0.301 e. The number of carbonyl (C=O) groups is 1. The number of aromatic nitrogens is 1. The van der Waals surface area contributed by atoms with E-state index in [1.54, 1.807) is 53.4 Å². The minimum atomic E-state index is -0.233. The van der Waals surface area contributed by atoms with Gasteiger partial charge in [0, 0.05) is 23.3 Å². The first-order valence-electron chi connectivity index (χ1n) is 7.32. The van der Waals surface area contributed by atoms with Crippen molar-refractivity contribution in [3.05, 3.63) is 102 Å². The van der Waals surface area contributed by atoms with Crippen LogP contribution in [0.5, 0.6) is 0 Å². The Bertz CT molecular complexity index is 825. The third-order valence-corrected chi connectivity index (χ3v) is 3.50. The van der Waals surface area contributed by atoms with E-state index in [0.717, 1.165) is 0 Å². The summed E-state index contributed by atoms with van der Waals surface area (Å²) in [7, 11) is 0. The van der Waals surface area contributed by atoms with Crippen LogP contribution in [0, 0.1) is 0 Å². The molecule has 0 atom stereocenters. The predicted molar refractivity (Wildman–Crippen MR) is 89.6 cm³/mol. The zero-order valence-corrected chi connectivity index (χ0v) is 12.5. The van der Waals surface area contributed by atoms with Gasteiger partial charge in [0.2, 0.25) is 0 Å². The highest BCUT2D eigenvalue weighted by Gasteiger charge is 2.27. The number of benzene rings is 2. The molecule has 0 aliphatic heterocycles. The van der Waals surface area contributed by atoms with E-state index in [1.807, 2.05) is 42.5 Å². The fraction of sp³-hybridized carbons (Fsp3) is 0. The largest absolute Gasteiger partial charge is 0.502 e. The van der Waals surface area contributed by atoms with Crippen LogP contribution < -0.4 is 4.57 Å². The fourth-order valence-corrected chi connectivity index (χ4v) is 2.35. The number of hydrogen-bond acceptors (Lipinski definition) is 2. The summed E-state index contributed by atoms with van der Waals surface area (Å²) < 4.78 is 1.64. The van der Waals surface area contributed by atoms with E-state index >= 15 is 0 Å². The third-order valence-electron chi connectivity index (χ3n) is 3.50. The van der Waals surface area contributed by atoms with Gasteiger partial charge in [0.1, 0.15) is 0 Å². The quantitative estimate of drug-likeness (QED) is 0.345. The number of nitrogens with zero attached hydrogens (tertiary/aromatic N) is 1. The predicted octanol–water partition coefficient (Wildman–Crippen LogP) is 3.74. The van der Waals surface area contributed by atoms with E-state index in [4.69, 9.17) is 0 Å². The van der Waals surface area contributed by atoms with Crippen LogP contribution in [0.15, 0.2) is 91.3 Å². The Kier molecular flexibility index (Phi) is 4.29. The van der Waals surface area contributed by atoms with E-state index in [2.05, 4.69) is 0 Å². The summed E-state index contributed by atoms with van der Waals surface area (Å²) in [5, 5.41) is 10.7. The van der Waals surface area contributed by atoms with Gasteiger partial charge in [0.15, 0.2) is 18.2 Å². The lowest BCUT2D eigenvalue weighted by atomic mass is 10.0. The zero-order chi connectivity index (χ0) is 16.1. The van der Waals surface area contributed by atoms with Gasteiger partial charge in [-0.2, -0.15) is 4.57 Å². The number of aliphatic hydroxyl groups excluding tert-OH is 1. The second-order valence-corrected chi connectivity index (χ2v) is 5.04. The first kappa shape index (κ1) is 14.7. The number of rotatable bonds is 4. The Morgan fingerprint density at radius 2 is 1.17 bits per heavy atom. The fourth-order valence-electron chi connectivity index (χ4n) is 2.35. The molecular weight excluding hydrogens is 286 g/mol. The Morgan fingerprint density at radius 1 is 0.696 bits per heavy atom. The molecular formula is C20H16NO2+. The number of aliphatic hydroxyl groups is 1. The molecule has 0 unspecified atom stereocenters. The molecule has 0 amide bonds. The molecule has 0 saturated heterocycles. The van der Waals surface area contributed by atoms with Gasteiger partial charge in [-0.25, -0.2) is 0 Å². The Labute approximate surface area is 134 Å². The van der Waals surface area contributed by atoms with Crippen LogP contribution in [0.4, 0.5) is 0 Å². The Balaban J connectivity index is 2.18. The van der Waals surface area contributed by atoms with Gasteiger partial charge in [-0.3, -0.25) is 4.79 Å². The Morgan fingerprint density at radius 3 is 1.74 bits per heavy atom. The maximum atomic E-state index is 12.9. The van der Waals surface area contributed by atoms with E-state index < -0.39 is 0 Å². The van der Waals surface area contributed by atoms with Crippen LogP contribution in [-0.4, -0.2) is 10.9 Å². The van der Waals surface area contributed by atoms with Gasteiger partial charge < -0.3 is 5.11 Å². The average molecular weight is 302 g/mol. The minimum Gasteiger partial charge on any atom is -0.502 e. The van der Waals surface area contributed by atoms with Gasteiger partial charge in [0.25, 0.3) is 5.78 Å². The summed E-state index contributed by atoms with van der Waals surface area (Å²) in [4.78, 5) is 12.9. The molecule has 1 heterocycles. The standard InChI is InChI=1S/C20H15NO2/c22-19(16-10-4-1-5-11-16)18(21-14-8-3-9-15-21)20(23)17-12-6-2-7-13-17/h1-15H/p+1. The van der Waals surface area contributed by atoms with Crippen molar-refractivity contribution in [1.82, 2.24) is 0 Å². The monoisotopic (exact) mass is 302 g/mol. The molecule has 0 aliphatic rings. The molecule has 0 fully saturated rings. The molecule has 0 saturated carbocycles. The minimum absolute atomic E-state index is 0.0457. The summed E-state index contributed by atoms with van der Waals surface area (Å²) in [6.07, 6.45) is 3.49. The summed E-state index contributed by atoms with van der Waals surface area (Å²) in [6, 6.07) is 23.5. The molecule has 1 aromatic heterocycles. The van der Waals surface area contributed by atoms with Crippen molar-refractivity contribution in [3.8, 4) is 0 Å². The lowest BCUT2D eigenvalue weighted by molar-refractivity contribution is -0.576. The first-order chi connectivity index (χ1) is 11.3. The Hall–Kier alpha value is -3.20. The summed E-state index contributed by atoms with van der Waals surface area (Å²) in [5.41, 5.74) is 1.35. The van der Waals surface area contributed by atoms with Crippen molar-refractivity contribution in [2.45, 2.75) is 0 Å². The summed E-state index contributed by atoms with van der Waals surface area (Å²) in [6.45, 7) is 0. The van der Waals surface area contributed by atoms with Gasteiger partial charge in [-0.1, -0.05) is 66.7 Å². The number of hydrogen-bond donors (Lipinski definition) is 1. The van der Waals surface area contributed by atoms with E-state index in [0.29, 0.717) is 11.1 Å². The maximum absolute atomic E-state index is 12.9. The molecule has 0 spiro atoms. The molecule has 0 radical (unpaired) electrons. The van der Waals surface area contributed by atoms with Crippen molar-refractivity contribution in [1.29, 1.82) is 0 Å². The second-order valence-electron chi connectivity index (χ2n) is 5.04. The number of Topliss-reactive ketones (excluding diaryl/α,β-unsaturated/α-hetero) is 1. The molecule has 2 aromatic carbocycles. The zero-order valence-electron chi connectivity index (χ0n) is 12.5. The second kappa shape index (κ2) is 6.71. The number of carbonyl (C=O) groups excluding carboxylic acids is 1. The number of allylic oxidation sites excluding steroid dienone is 1. The van der Waals surface area contributed by atoms with Gasteiger partial charge in [-0.05, 0) is 0 Å². The lowest BCUT2D eigenvalue weighted by Crippen LogP contribution is -2.36. The van der Waals surface area contributed by atoms with Crippen molar-refractivity contribution < 1.29 is 14.5 Å². The van der Waals surface area contributed by atoms with E-state index in [-0.39, 0.29) is 17.2 Å². The van der Waals surface area contributed by atoms with Crippen molar-refractivity contribution >= 4 is 17.2 Å². The number of ketones is 1. The molecule has 3 rings (SSSR count). The van der Waals surface area contributed by atoms with Crippen molar-refractivity contribution in [2.24, 2.45) is 0 Å². The third kappa shape index (κ3) is 3.19. The molecule has 112 valence electrons. The van der Waals surface area contributed by atoms with Crippen molar-refractivity contribution in [3.63, 3.8) is 0 Å². The van der Waals surface area contributed by atoms with Gasteiger partial charge >= 0.3 is 5.70 Å². The van der Waals surface area contributed by atoms with Crippen LogP contribution in [0.3, 0.4) is 0 Å². The van der Waals surface area contributed by atoms with Gasteiger partial charge in [0.05, 0.1) is 0 Å². The smallest absolute Gasteiger partial charge is 0.301 e. The molecule has 23 heavy (non-hydrogen) atoms. The van der Waals surface area contributed by atoms with E-state index in [9.17, 15) is 9.90 Å². The first-order valence-corrected chi connectivity index (χ1v) is 7.32. The lowest BCUT2D eigenvalue weighted by Gasteiger charge is -2.06. The molecule has 3 aromatic rings. The molecule has 0 bridgehead atoms. The highest BCUT2D eigenvalue weighted by atomic mass is 16.3. The van der Waals surface area contributed by atoms with Crippen LogP contribution in [-0.2, 0) is 0 Å². The average Bonchev–Trinajstić information content (AvgIpc) is 2.64. The summed E-state index contributed by atoms with van der Waals surface area (Å²) in [5.74, 6) is -0.279. The van der Waals surface area contributed by atoms with Gasteiger partial charge in [-0.15, -0.1) is 0 Å². The SMILES string of the molecule is O=C(/C(=C(\O)c1ccccc1)[n+]1ccccc1)c1ccccc1. The highest BCUT2D eigenvalue weighted by Crippen LogP contribution is 2.19. The van der Waals surface area contributed by atoms with E-state index in [1.165, 1.54) is 0 Å². The molecule has 0 aliphatic carbocycles. The summed E-state index contributed by atoms with van der Waals surface area (Å²) >= 11 is 0. The molecule has 1 N–H and O–H groups in total. The molecule has 3 heteroatoms. The van der Waals surface area contributed by atoms with Crippen LogP contribution >= 0.6 is 0 Å². The topological polar surface area (TPSA) is 41.2 Å². The van der Waals surface area contributed by atoms with Crippen LogP contribution in [0.2, 0.25) is 0 Å². The highest BCUT2D eigenvalue weighted by molar-refractivity contribution is 6.26.